The van der Waals surface area contributed by atoms with E-state index in [4.69, 9.17) is 10.8 Å². The molecule has 3 nitrogen and oxygen atoms in total. The summed E-state index contributed by atoms with van der Waals surface area (Å²) in [6.45, 7) is 1.69. The Kier molecular flexibility index (Phi) is 2.26. The highest BCUT2D eigenvalue weighted by Crippen LogP contribution is 2.20. The van der Waals surface area contributed by atoms with Crippen molar-refractivity contribution in [3.63, 3.8) is 0 Å². The lowest BCUT2D eigenvalue weighted by molar-refractivity contribution is 0.0997. The number of rotatable bonds is 2. The highest BCUT2D eigenvalue weighted by molar-refractivity contribution is 7.10. The molecule has 4 heteroatoms. The van der Waals surface area contributed by atoms with Gasteiger partial charge in [0.05, 0.1) is 12.2 Å². The molecule has 1 aromatic heterocycles. The second-order valence-corrected chi connectivity index (χ2v) is 3.20. The quantitative estimate of drug-likeness (QED) is 0.686. The first-order valence-electron chi connectivity index (χ1n) is 3.14. The second kappa shape index (κ2) is 3.02. The first kappa shape index (κ1) is 8.23. The molecule has 0 aromatic carbocycles. The Morgan fingerprint density at radius 1 is 1.82 bits per heavy atom. The summed E-state index contributed by atoms with van der Waals surface area (Å²) in [4.78, 5) is 11.4. The third kappa shape index (κ3) is 1.41. The van der Waals surface area contributed by atoms with Crippen LogP contribution in [0.1, 0.15) is 20.8 Å². The minimum absolute atomic E-state index is 0.114. The molecule has 3 N–H and O–H groups in total. The van der Waals surface area contributed by atoms with E-state index in [1.165, 1.54) is 11.3 Å². The number of amides is 1. The van der Waals surface area contributed by atoms with E-state index >= 15 is 0 Å². The molecule has 11 heavy (non-hydrogen) atoms. The molecule has 1 amide bonds. The van der Waals surface area contributed by atoms with Gasteiger partial charge < -0.3 is 10.8 Å². The van der Waals surface area contributed by atoms with Gasteiger partial charge in [0.1, 0.15) is 0 Å². The summed E-state index contributed by atoms with van der Waals surface area (Å²) in [5.41, 5.74) is 6.40. The topological polar surface area (TPSA) is 63.3 Å². The molecule has 0 aliphatic carbocycles. The number of thiophene rings is 1. The van der Waals surface area contributed by atoms with Crippen molar-refractivity contribution in [1.82, 2.24) is 0 Å². The fraction of sp³-hybridized carbons (Fsp3) is 0.286. The summed E-state index contributed by atoms with van der Waals surface area (Å²) in [5, 5.41) is 10.6. The van der Waals surface area contributed by atoms with Gasteiger partial charge in [-0.25, -0.2) is 0 Å². The number of carbonyl (C=O) groups excluding carboxylic acids is 1. The molecule has 0 unspecified atom stereocenters. The predicted octanol–water partition coefficient (Wildman–Crippen LogP) is 0.648. The van der Waals surface area contributed by atoms with Crippen molar-refractivity contribution in [2.24, 2.45) is 5.73 Å². The van der Waals surface area contributed by atoms with Gasteiger partial charge in [-0.3, -0.25) is 4.79 Å². The van der Waals surface area contributed by atoms with Crippen LogP contribution in [0.25, 0.3) is 0 Å². The number of aryl methyl sites for hydroxylation is 1. The largest absolute Gasteiger partial charge is 0.391 e. The van der Waals surface area contributed by atoms with Crippen molar-refractivity contribution in [3.05, 3.63) is 21.4 Å². The van der Waals surface area contributed by atoms with Crippen molar-refractivity contribution >= 4 is 17.2 Å². The standard InChI is InChI=1S/C7H9NO2S/c1-4-3-11-5(2-9)6(4)7(8)10/h3,9H,2H2,1H3,(H2,8,10). The van der Waals surface area contributed by atoms with Crippen LogP contribution in [-0.4, -0.2) is 11.0 Å². The minimum atomic E-state index is -0.465. The molecule has 60 valence electrons. The molecule has 0 radical (unpaired) electrons. The molecule has 0 spiro atoms. The van der Waals surface area contributed by atoms with Gasteiger partial charge >= 0.3 is 0 Å². The minimum Gasteiger partial charge on any atom is -0.391 e. The van der Waals surface area contributed by atoms with Gasteiger partial charge in [-0.15, -0.1) is 11.3 Å². The number of aliphatic hydroxyl groups is 1. The Morgan fingerprint density at radius 2 is 2.45 bits per heavy atom. The molecule has 0 bridgehead atoms. The van der Waals surface area contributed by atoms with Gasteiger partial charge in [-0.1, -0.05) is 0 Å². The maximum Gasteiger partial charge on any atom is 0.250 e. The summed E-state index contributed by atoms with van der Waals surface area (Å²) in [6.07, 6.45) is 0. The van der Waals surface area contributed by atoms with E-state index < -0.39 is 5.91 Å². The van der Waals surface area contributed by atoms with E-state index in [0.29, 0.717) is 10.4 Å². The number of hydrogen-bond donors (Lipinski definition) is 2. The summed E-state index contributed by atoms with van der Waals surface area (Å²) in [6, 6.07) is 0. The zero-order chi connectivity index (χ0) is 8.43. The van der Waals surface area contributed by atoms with Crippen molar-refractivity contribution < 1.29 is 9.90 Å². The molecule has 0 saturated heterocycles. The summed E-state index contributed by atoms with van der Waals surface area (Å²) >= 11 is 1.35. The highest BCUT2D eigenvalue weighted by Gasteiger charge is 2.12. The number of hydrogen-bond acceptors (Lipinski definition) is 3. The fourth-order valence-electron chi connectivity index (χ4n) is 0.945. The van der Waals surface area contributed by atoms with Gasteiger partial charge in [0.2, 0.25) is 5.91 Å². The van der Waals surface area contributed by atoms with Crippen LogP contribution in [0.5, 0.6) is 0 Å². The molecule has 1 heterocycles. The van der Waals surface area contributed by atoms with Crippen LogP contribution in [0.3, 0.4) is 0 Å². The lowest BCUT2D eigenvalue weighted by atomic mass is 10.1. The van der Waals surface area contributed by atoms with Gasteiger partial charge in [-0.2, -0.15) is 0 Å². The number of primary amides is 1. The van der Waals surface area contributed by atoms with Crippen LogP contribution in [0.15, 0.2) is 5.38 Å². The van der Waals surface area contributed by atoms with Crippen LogP contribution >= 0.6 is 11.3 Å². The number of aliphatic hydroxyl groups excluding tert-OH is 1. The Balaban J connectivity index is 3.17. The van der Waals surface area contributed by atoms with Crippen molar-refractivity contribution in [1.29, 1.82) is 0 Å². The van der Waals surface area contributed by atoms with Crippen molar-refractivity contribution in [3.8, 4) is 0 Å². The third-order valence-electron chi connectivity index (χ3n) is 1.44. The van der Waals surface area contributed by atoms with Crippen molar-refractivity contribution in [2.45, 2.75) is 13.5 Å². The third-order valence-corrected chi connectivity index (χ3v) is 2.53. The Morgan fingerprint density at radius 3 is 2.82 bits per heavy atom. The molecule has 1 aromatic rings. The van der Waals surface area contributed by atoms with E-state index in [-0.39, 0.29) is 6.61 Å². The van der Waals surface area contributed by atoms with E-state index in [2.05, 4.69) is 0 Å². The molecule has 0 atom stereocenters. The van der Waals surface area contributed by atoms with E-state index in [1.54, 1.807) is 6.92 Å². The molecule has 0 fully saturated rings. The Labute approximate surface area is 68.5 Å². The summed E-state index contributed by atoms with van der Waals surface area (Å²) in [7, 11) is 0. The van der Waals surface area contributed by atoms with Crippen LogP contribution < -0.4 is 5.73 Å². The van der Waals surface area contributed by atoms with Crippen molar-refractivity contribution in [2.75, 3.05) is 0 Å². The van der Waals surface area contributed by atoms with Gasteiger partial charge in [0.25, 0.3) is 0 Å². The SMILES string of the molecule is Cc1csc(CO)c1C(N)=O. The molecule has 0 saturated carbocycles. The lowest BCUT2D eigenvalue weighted by Crippen LogP contribution is -2.13. The van der Waals surface area contributed by atoms with Crippen LogP contribution in [0.2, 0.25) is 0 Å². The average Bonchev–Trinajstić information content (AvgIpc) is 2.30. The molecule has 0 aliphatic heterocycles. The first-order valence-corrected chi connectivity index (χ1v) is 4.02. The van der Waals surface area contributed by atoms with Crippen LogP contribution in [0, 0.1) is 6.92 Å². The maximum absolute atomic E-state index is 10.8. The number of nitrogens with two attached hydrogens (primary N) is 1. The molecular formula is C7H9NO2S. The monoisotopic (exact) mass is 171 g/mol. The number of carbonyl (C=O) groups is 1. The predicted molar refractivity (Wildman–Crippen MR) is 43.5 cm³/mol. The van der Waals surface area contributed by atoms with Gasteiger partial charge in [-0.05, 0) is 17.9 Å². The smallest absolute Gasteiger partial charge is 0.250 e. The lowest BCUT2D eigenvalue weighted by Gasteiger charge is -1.95. The summed E-state index contributed by atoms with van der Waals surface area (Å²) in [5.74, 6) is -0.465. The Bertz CT molecular complexity index is 280. The fourth-order valence-corrected chi connectivity index (χ4v) is 1.84. The van der Waals surface area contributed by atoms with Crippen LogP contribution in [0.4, 0.5) is 0 Å². The average molecular weight is 171 g/mol. The first-order chi connectivity index (χ1) is 5.16. The van der Waals surface area contributed by atoms with Gasteiger partial charge in [0.15, 0.2) is 0 Å². The van der Waals surface area contributed by atoms with Crippen LogP contribution in [-0.2, 0) is 6.61 Å². The second-order valence-electron chi connectivity index (χ2n) is 2.24. The maximum atomic E-state index is 10.8. The molecular weight excluding hydrogens is 162 g/mol. The summed E-state index contributed by atoms with van der Waals surface area (Å²) < 4.78 is 0. The normalized spacial score (nSPS) is 10.0. The zero-order valence-corrected chi connectivity index (χ0v) is 6.94. The molecule has 1 rings (SSSR count). The highest BCUT2D eigenvalue weighted by atomic mass is 32.1. The van der Waals surface area contributed by atoms with E-state index in [9.17, 15) is 4.79 Å². The molecule has 0 aliphatic rings. The van der Waals surface area contributed by atoms with E-state index in [1.807, 2.05) is 5.38 Å². The van der Waals surface area contributed by atoms with E-state index in [0.717, 1.165) is 5.56 Å². The Hall–Kier alpha value is -0.870. The van der Waals surface area contributed by atoms with Gasteiger partial charge in [0, 0.05) is 4.88 Å². The zero-order valence-electron chi connectivity index (χ0n) is 6.13.